The van der Waals surface area contributed by atoms with E-state index in [1.807, 2.05) is 24.3 Å². The molecule has 0 fully saturated rings. The van der Waals surface area contributed by atoms with Gasteiger partial charge in [-0.3, -0.25) is 0 Å². The Balaban J connectivity index is 2.55. The molecule has 0 amide bonds. The van der Waals surface area contributed by atoms with Gasteiger partial charge in [0.05, 0.1) is 5.38 Å². The second-order valence-electron chi connectivity index (χ2n) is 3.00. The van der Waals surface area contributed by atoms with Crippen LogP contribution in [0.5, 0.6) is 0 Å². The zero-order chi connectivity index (χ0) is 8.77. The maximum atomic E-state index is 9.75. The minimum Gasteiger partial charge on any atom is -0.370 e. The number of hydrogen-bond acceptors (Lipinski definition) is 1. The third-order valence-corrected chi connectivity index (χ3v) is 3.26. The Morgan fingerprint density at radius 2 is 2.08 bits per heavy atom. The summed E-state index contributed by atoms with van der Waals surface area (Å²) in [7, 11) is 0. The van der Waals surface area contributed by atoms with Gasteiger partial charge >= 0.3 is 0 Å². The minimum atomic E-state index is -1.38. The van der Waals surface area contributed by atoms with Gasteiger partial charge < -0.3 is 5.11 Å². The minimum absolute atomic E-state index is 0.420. The third-order valence-electron chi connectivity index (χ3n) is 2.21. The topological polar surface area (TPSA) is 20.2 Å². The van der Waals surface area contributed by atoms with Crippen LogP contribution < -0.4 is 0 Å². The van der Waals surface area contributed by atoms with Crippen LogP contribution in [0.2, 0.25) is 0 Å². The van der Waals surface area contributed by atoms with Gasteiger partial charge in [-0.25, -0.2) is 0 Å². The van der Waals surface area contributed by atoms with E-state index in [4.69, 9.17) is 23.2 Å². The lowest BCUT2D eigenvalue weighted by Gasteiger charge is -2.18. The first kappa shape index (κ1) is 8.36. The van der Waals surface area contributed by atoms with Crippen molar-refractivity contribution in [3.63, 3.8) is 0 Å². The number of fused-ring (bicyclic) bond motifs is 1. The molecule has 0 aromatic heterocycles. The molecule has 2 rings (SSSR count). The van der Waals surface area contributed by atoms with Gasteiger partial charge in [0.25, 0.3) is 0 Å². The molecule has 0 spiro atoms. The molecule has 0 heterocycles. The Kier molecular flexibility index (Phi) is 1.83. The molecule has 2 atom stereocenters. The number of hydrogen-bond donors (Lipinski definition) is 1. The Hall–Kier alpha value is -0.240. The second-order valence-corrected chi connectivity index (χ2v) is 4.11. The molecule has 12 heavy (non-hydrogen) atoms. The fourth-order valence-corrected chi connectivity index (χ4v) is 2.08. The summed E-state index contributed by atoms with van der Waals surface area (Å²) in [6.45, 7) is 0. The molecule has 1 aliphatic carbocycles. The van der Waals surface area contributed by atoms with E-state index in [0.717, 1.165) is 11.1 Å². The largest absolute Gasteiger partial charge is 0.370 e. The van der Waals surface area contributed by atoms with E-state index < -0.39 is 10.4 Å². The van der Waals surface area contributed by atoms with Crippen molar-refractivity contribution in [2.45, 2.75) is 16.9 Å². The SMILES string of the molecule is OC1(Cl)c2ccccc2CC1Cl. The summed E-state index contributed by atoms with van der Waals surface area (Å²) in [6.07, 6.45) is 0.637. The molecule has 1 aromatic carbocycles. The molecule has 1 nitrogen and oxygen atoms in total. The molecular weight excluding hydrogens is 195 g/mol. The summed E-state index contributed by atoms with van der Waals surface area (Å²) in [5, 5.41) is 7.95. The van der Waals surface area contributed by atoms with E-state index in [9.17, 15) is 5.11 Å². The number of aliphatic hydroxyl groups is 1. The van der Waals surface area contributed by atoms with Crippen molar-refractivity contribution in [1.82, 2.24) is 0 Å². The fourth-order valence-electron chi connectivity index (χ4n) is 1.54. The zero-order valence-electron chi connectivity index (χ0n) is 6.30. The molecule has 1 aliphatic rings. The first-order valence-electron chi connectivity index (χ1n) is 3.76. The van der Waals surface area contributed by atoms with Crippen LogP contribution in [-0.4, -0.2) is 10.5 Å². The molecule has 0 saturated heterocycles. The van der Waals surface area contributed by atoms with Crippen molar-refractivity contribution < 1.29 is 5.11 Å². The van der Waals surface area contributed by atoms with Crippen LogP contribution in [0.3, 0.4) is 0 Å². The Morgan fingerprint density at radius 1 is 1.42 bits per heavy atom. The average molecular weight is 203 g/mol. The highest BCUT2D eigenvalue weighted by molar-refractivity contribution is 6.32. The molecule has 0 bridgehead atoms. The fraction of sp³-hybridized carbons (Fsp3) is 0.333. The predicted molar refractivity (Wildman–Crippen MR) is 49.5 cm³/mol. The van der Waals surface area contributed by atoms with Crippen molar-refractivity contribution in [3.05, 3.63) is 35.4 Å². The molecule has 64 valence electrons. The van der Waals surface area contributed by atoms with Crippen molar-refractivity contribution in [3.8, 4) is 0 Å². The van der Waals surface area contributed by atoms with Crippen LogP contribution in [0.25, 0.3) is 0 Å². The summed E-state index contributed by atoms with van der Waals surface area (Å²) >= 11 is 11.8. The Labute approximate surface area is 80.9 Å². The first-order valence-corrected chi connectivity index (χ1v) is 4.57. The lowest BCUT2D eigenvalue weighted by atomic mass is 10.1. The Morgan fingerprint density at radius 3 is 2.75 bits per heavy atom. The lowest BCUT2D eigenvalue weighted by molar-refractivity contribution is 0.134. The van der Waals surface area contributed by atoms with Crippen LogP contribution >= 0.6 is 23.2 Å². The molecule has 0 radical (unpaired) electrons. The van der Waals surface area contributed by atoms with E-state index in [2.05, 4.69) is 0 Å². The van der Waals surface area contributed by atoms with Gasteiger partial charge in [-0.15, -0.1) is 11.6 Å². The summed E-state index contributed by atoms with van der Waals surface area (Å²) in [6, 6.07) is 7.51. The van der Waals surface area contributed by atoms with E-state index in [0.29, 0.717) is 6.42 Å². The number of halogens is 2. The van der Waals surface area contributed by atoms with Crippen LogP contribution in [0.15, 0.2) is 24.3 Å². The van der Waals surface area contributed by atoms with Crippen molar-refractivity contribution in [2.24, 2.45) is 0 Å². The quantitative estimate of drug-likeness (QED) is 0.641. The standard InChI is InChI=1S/C9H8Cl2O/c10-8-5-6-3-1-2-4-7(6)9(8,11)12/h1-4,8,12H,5H2. The summed E-state index contributed by atoms with van der Waals surface area (Å²) in [5.74, 6) is 0. The monoisotopic (exact) mass is 202 g/mol. The van der Waals surface area contributed by atoms with Gasteiger partial charge in [0, 0.05) is 5.56 Å². The molecular formula is C9H8Cl2O. The van der Waals surface area contributed by atoms with E-state index in [-0.39, 0.29) is 0 Å². The van der Waals surface area contributed by atoms with Crippen molar-refractivity contribution in [2.75, 3.05) is 0 Å². The first-order chi connectivity index (χ1) is 5.62. The highest BCUT2D eigenvalue weighted by Gasteiger charge is 2.42. The molecule has 1 aromatic rings. The molecule has 2 unspecified atom stereocenters. The van der Waals surface area contributed by atoms with Crippen LogP contribution in [0, 0.1) is 0 Å². The Bertz CT molecular complexity index is 309. The number of rotatable bonds is 0. The molecule has 1 N–H and O–H groups in total. The van der Waals surface area contributed by atoms with Gasteiger partial charge in [-0.1, -0.05) is 35.9 Å². The molecule has 0 saturated carbocycles. The van der Waals surface area contributed by atoms with E-state index in [1.165, 1.54) is 0 Å². The van der Waals surface area contributed by atoms with Crippen molar-refractivity contribution in [1.29, 1.82) is 0 Å². The lowest BCUT2D eigenvalue weighted by Crippen LogP contribution is -2.24. The maximum Gasteiger partial charge on any atom is 0.181 e. The summed E-state index contributed by atoms with van der Waals surface area (Å²) < 4.78 is 0. The van der Waals surface area contributed by atoms with Gasteiger partial charge in [0.2, 0.25) is 0 Å². The highest BCUT2D eigenvalue weighted by atomic mass is 35.5. The van der Waals surface area contributed by atoms with Crippen molar-refractivity contribution >= 4 is 23.2 Å². The van der Waals surface area contributed by atoms with E-state index in [1.54, 1.807) is 0 Å². The van der Waals surface area contributed by atoms with Gasteiger partial charge in [-0.2, -0.15) is 0 Å². The third kappa shape index (κ3) is 1.05. The van der Waals surface area contributed by atoms with E-state index >= 15 is 0 Å². The van der Waals surface area contributed by atoms with Crippen LogP contribution in [-0.2, 0) is 11.5 Å². The van der Waals surface area contributed by atoms with Gasteiger partial charge in [-0.05, 0) is 12.0 Å². The van der Waals surface area contributed by atoms with Gasteiger partial charge in [0.1, 0.15) is 0 Å². The summed E-state index contributed by atoms with van der Waals surface area (Å²) in [5.41, 5.74) is 1.78. The zero-order valence-corrected chi connectivity index (χ0v) is 7.81. The smallest absolute Gasteiger partial charge is 0.181 e. The molecule has 3 heteroatoms. The summed E-state index contributed by atoms with van der Waals surface area (Å²) in [4.78, 5) is 0. The average Bonchev–Trinajstić information content (AvgIpc) is 2.25. The molecule has 0 aliphatic heterocycles. The van der Waals surface area contributed by atoms with Crippen LogP contribution in [0.1, 0.15) is 11.1 Å². The highest BCUT2D eigenvalue weighted by Crippen LogP contribution is 2.42. The van der Waals surface area contributed by atoms with Crippen LogP contribution in [0.4, 0.5) is 0 Å². The number of alkyl halides is 2. The second kappa shape index (κ2) is 2.63. The normalized spacial score (nSPS) is 33.4. The number of benzene rings is 1. The maximum absolute atomic E-state index is 9.75. The predicted octanol–water partition coefficient (Wildman–Crippen LogP) is 2.23. The van der Waals surface area contributed by atoms with Gasteiger partial charge in [0.15, 0.2) is 5.06 Å².